The van der Waals surface area contributed by atoms with Crippen molar-refractivity contribution in [3.05, 3.63) is 70.8 Å². The zero-order valence-corrected chi connectivity index (χ0v) is 10.1. The van der Waals surface area contributed by atoms with Crippen molar-refractivity contribution in [2.75, 3.05) is 0 Å². The van der Waals surface area contributed by atoms with Gasteiger partial charge in [0.1, 0.15) is 0 Å². The molecule has 86 valence electrons. The van der Waals surface area contributed by atoms with Crippen molar-refractivity contribution in [3.63, 3.8) is 0 Å². The van der Waals surface area contributed by atoms with Crippen LogP contribution in [-0.4, -0.2) is 0 Å². The summed E-state index contributed by atoms with van der Waals surface area (Å²) in [6, 6.07) is 19.1. The van der Waals surface area contributed by atoms with E-state index in [4.69, 9.17) is 5.26 Å². The Morgan fingerprint density at radius 2 is 1.67 bits per heavy atom. The highest BCUT2D eigenvalue weighted by Gasteiger charge is 2.13. The van der Waals surface area contributed by atoms with Crippen LogP contribution in [0.1, 0.15) is 28.7 Å². The Kier molecular flexibility index (Phi) is 2.70. The third-order valence-electron chi connectivity index (χ3n) is 3.40. The maximum atomic E-state index is 8.99. The molecule has 3 rings (SSSR count). The minimum Gasteiger partial charge on any atom is -0.198 e. The third kappa shape index (κ3) is 1.83. The van der Waals surface area contributed by atoms with Crippen LogP contribution in [0, 0.1) is 11.3 Å². The van der Waals surface area contributed by atoms with Crippen LogP contribution < -0.4 is 0 Å². The second-order valence-electron chi connectivity index (χ2n) is 4.54. The lowest BCUT2D eigenvalue weighted by molar-refractivity contribution is 1.18. The van der Waals surface area contributed by atoms with Gasteiger partial charge in [0, 0.05) is 0 Å². The van der Waals surface area contributed by atoms with Crippen molar-refractivity contribution in [3.8, 4) is 6.07 Å². The van der Waals surface area contributed by atoms with Crippen molar-refractivity contribution < 1.29 is 0 Å². The van der Waals surface area contributed by atoms with Gasteiger partial charge in [0.15, 0.2) is 0 Å². The van der Waals surface area contributed by atoms with Crippen molar-refractivity contribution in [1.29, 1.82) is 5.26 Å². The molecule has 1 aliphatic rings. The molecule has 1 nitrogen and oxygen atoms in total. The number of fused-ring (bicyclic) bond motifs is 2. The summed E-state index contributed by atoms with van der Waals surface area (Å²) in [4.78, 5) is 0. The summed E-state index contributed by atoms with van der Waals surface area (Å²) in [6.45, 7) is 0. The standard InChI is InChI=1S/C17H13N/c18-10-9-16-12-14-6-2-1-5-13(14)11-15-7-3-4-8-17(15)16/h1-8,12H,9,11H2. The van der Waals surface area contributed by atoms with Crippen LogP contribution in [0.15, 0.2) is 48.5 Å². The van der Waals surface area contributed by atoms with Crippen molar-refractivity contribution >= 4 is 11.6 Å². The fourth-order valence-electron chi connectivity index (χ4n) is 2.53. The van der Waals surface area contributed by atoms with Gasteiger partial charge in [-0.25, -0.2) is 0 Å². The van der Waals surface area contributed by atoms with Crippen LogP contribution in [0.3, 0.4) is 0 Å². The van der Waals surface area contributed by atoms with E-state index in [1.165, 1.54) is 22.3 Å². The smallest absolute Gasteiger partial charge is 0.0669 e. The van der Waals surface area contributed by atoms with Gasteiger partial charge >= 0.3 is 0 Å². The van der Waals surface area contributed by atoms with E-state index in [1.54, 1.807) is 0 Å². The van der Waals surface area contributed by atoms with E-state index < -0.39 is 0 Å². The lowest BCUT2D eigenvalue weighted by Gasteiger charge is -2.07. The molecule has 0 spiro atoms. The third-order valence-corrected chi connectivity index (χ3v) is 3.40. The number of rotatable bonds is 1. The van der Waals surface area contributed by atoms with Crippen molar-refractivity contribution in [1.82, 2.24) is 0 Å². The monoisotopic (exact) mass is 231 g/mol. The Labute approximate surface area is 107 Å². The van der Waals surface area contributed by atoms with Gasteiger partial charge in [-0.05, 0) is 40.3 Å². The van der Waals surface area contributed by atoms with Gasteiger partial charge in [-0.1, -0.05) is 48.5 Å². The lowest BCUT2D eigenvalue weighted by Crippen LogP contribution is -1.92. The Balaban J connectivity index is 2.23. The first-order valence-electron chi connectivity index (χ1n) is 6.12. The van der Waals surface area contributed by atoms with E-state index in [0.29, 0.717) is 6.42 Å². The number of nitriles is 1. The first kappa shape index (κ1) is 10.8. The number of nitrogens with zero attached hydrogens (tertiary/aromatic N) is 1. The summed E-state index contributed by atoms with van der Waals surface area (Å²) in [5.41, 5.74) is 6.22. The van der Waals surface area contributed by atoms with Gasteiger partial charge < -0.3 is 0 Å². The second kappa shape index (κ2) is 4.50. The van der Waals surface area contributed by atoms with Crippen LogP contribution in [-0.2, 0) is 6.42 Å². The summed E-state index contributed by atoms with van der Waals surface area (Å²) >= 11 is 0. The number of benzene rings is 2. The first-order chi connectivity index (χ1) is 8.88. The van der Waals surface area contributed by atoms with Crippen LogP contribution in [0.2, 0.25) is 0 Å². The fourth-order valence-corrected chi connectivity index (χ4v) is 2.53. The normalized spacial score (nSPS) is 12.7. The average Bonchev–Trinajstić information content (AvgIpc) is 2.56. The lowest BCUT2D eigenvalue weighted by atomic mass is 9.97. The van der Waals surface area contributed by atoms with Crippen LogP contribution in [0.25, 0.3) is 11.6 Å². The molecule has 2 aromatic carbocycles. The summed E-state index contributed by atoms with van der Waals surface area (Å²) in [5.74, 6) is 0. The highest BCUT2D eigenvalue weighted by Crippen LogP contribution is 2.31. The quantitative estimate of drug-likeness (QED) is 0.726. The molecular formula is C17H13N. The molecule has 18 heavy (non-hydrogen) atoms. The molecule has 0 aromatic heterocycles. The zero-order chi connectivity index (χ0) is 12.4. The van der Waals surface area contributed by atoms with E-state index in [0.717, 1.165) is 12.0 Å². The molecule has 2 aromatic rings. The van der Waals surface area contributed by atoms with E-state index in [2.05, 4.69) is 54.6 Å². The molecule has 0 heterocycles. The second-order valence-corrected chi connectivity index (χ2v) is 4.54. The highest BCUT2D eigenvalue weighted by atomic mass is 14.2. The molecule has 0 saturated carbocycles. The molecular weight excluding hydrogens is 218 g/mol. The minimum atomic E-state index is 0.464. The van der Waals surface area contributed by atoms with Gasteiger partial charge in [0.25, 0.3) is 0 Å². The molecule has 0 bridgehead atoms. The molecule has 0 saturated heterocycles. The molecule has 0 aliphatic heterocycles. The molecule has 0 N–H and O–H groups in total. The van der Waals surface area contributed by atoms with E-state index >= 15 is 0 Å². The van der Waals surface area contributed by atoms with Gasteiger partial charge in [0.05, 0.1) is 12.5 Å². The SMILES string of the molecule is N#CCC1=Cc2ccccc2Cc2ccccc21. The van der Waals surface area contributed by atoms with Gasteiger partial charge in [-0.2, -0.15) is 5.26 Å². The Hall–Kier alpha value is -2.33. The van der Waals surface area contributed by atoms with E-state index in [-0.39, 0.29) is 0 Å². The van der Waals surface area contributed by atoms with Gasteiger partial charge in [0.2, 0.25) is 0 Å². The molecule has 0 atom stereocenters. The molecule has 1 heteroatoms. The molecule has 0 amide bonds. The van der Waals surface area contributed by atoms with Crippen molar-refractivity contribution in [2.45, 2.75) is 12.8 Å². The fraction of sp³-hybridized carbons (Fsp3) is 0.118. The Morgan fingerprint density at radius 3 is 2.50 bits per heavy atom. The largest absolute Gasteiger partial charge is 0.198 e. The van der Waals surface area contributed by atoms with Crippen molar-refractivity contribution in [2.24, 2.45) is 0 Å². The van der Waals surface area contributed by atoms with Gasteiger partial charge in [-0.15, -0.1) is 0 Å². The number of allylic oxidation sites excluding steroid dienone is 1. The Morgan fingerprint density at radius 1 is 0.944 bits per heavy atom. The topological polar surface area (TPSA) is 23.8 Å². The molecule has 0 radical (unpaired) electrons. The van der Waals surface area contributed by atoms with Crippen LogP contribution in [0.5, 0.6) is 0 Å². The van der Waals surface area contributed by atoms with Crippen LogP contribution >= 0.6 is 0 Å². The molecule has 0 unspecified atom stereocenters. The maximum absolute atomic E-state index is 8.99. The zero-order valence-electron chi connectivity index (χ0n) is 10.1. The first-order valence-corrected chi connectivity index (χ1v) is 6.12. The molecule has 0 fully saturated rings. The highest BCUT2D eigenvalue weighted by molar-refractivity contribution is 5.86. The van der Waals surface area contributed by atoms with Crippen LogP contribution in [0.4, 0.5) is 0 Å². The van der Waals surface area contributed by atoms with E-state index in [1.807, 2.05) is 6.07 Å². The predicted molar refractivity (Wildman–Crippen MR) is 73.8 cm³/mol. The summed E-state index contributed by atoms with van der Waals surface area (Å²) < 4.78 is 0. The summed E-state index contributed by atoms with van der Waals surface area (Å²) in [6.07, 6.45) is 3.56. The minimum absolute atomic E-state index is 0.464. The number of hydrogen-bond acceptors (Lipinski definition) is 1. The summed E-state index contributed by atoms with van der Waals surface area (Å²) in [5, 5.41) is 8.99. The molecule has 1 aliphatic carbocycles. The van der Waals surface area contributed by atoms with Gasteiger partial charge in [-0.3, -0.25) is 0 Å². The van der Waals surface area contributed by atoms with E-state index in [9.17, 15) is 0 Å². The predicted octanol–water partition coefficient (Wildman–Crippen LogP) is 4.05. The maximum Gasteiger partial charge on any atom is 0.0669 e. The average molecular weight is 231 g/mol. The summed E-state index contributed by atoms with van der Waals surface area (Å²) in [7, 11) is 0. The number of hydrogen-bond donors (Lipinski definition) is 0. The Bertz CT molecular complexity index is 659.